The third-order valence-corrected chi connectivity index (χ3v) is 3.29. The second-order valence-corrected chi connectivity index (χ2v) is 5.51. The van der Waals surface area contributed by atoms with Crippen molar-refractivity contribution in [3.05, 3.63) is 12.2 Å². The van der Waals surface area contributed by atoms with Crippen LogP contribution in [0.4, 0.5) is 0 Å². The van der Waals surface area contributed by atoms with Crippen LogP contribution in [0.1, 0.15) is 78.1 Å². The van der Waals surface area contributed by atoms with Gasteiger partial charge in [0.05, 0.1) is 0 Å². The molecule has 0 unspecified atom stereocenters. The molecule has 0 aliphatic rings. The summed E-state index contributed by atoms with van der Waals surface area (Å²) in [6, 6.07) is 0. The molecule has 0 aliphatic heterocycles. The van der Waals surface area contributed by atoms with E-state index in [9.17, 15) is 0 Å². The van der Waals surface area contributed by atoms with Crippen molar-refractivity contribution >= 4 is 0 Å². The second kappa shape index (κ2) is 17.7. The average Bonchev–Trinajstić information content (AvgIpc) is 2.51. The monoisotopic (exact) mass is 300 g/mol. The summed E-state index contributed by atoms with van der Waals surface area (Å²) in [6.45, 7) is 6.12. The largest absolute Gasteiger partial charge is 0.396 e. The van der Waals surface area contributed by atoms with Crippen molar-refractivity contribution in [2.75, 3.05) is 19.8 Å². The van der Waals surface area contributed by atoms with E-state index in [1.807, 2.05) is 0 Å². The Hall–Kier alpha value is -0.380. The molecule has 1 N–H and O–H groups in total. The fourth-order valence-electron chi connectivity index (χ4n) is 2.09. The lowest BCUT2D eigenvalue weighted by Crippen LogP contribution is -2.17. The molecule has 0 aromatic heterocycles. The predicted octanol–water partition coefficient (Wildman–Crippen LogP) is 4.84. The Balaban J connectivity index is 3.51. The number of hydrogen-bond donors (Lipinski definition) is 1. The Morgan fingerprint density at radius 3 is 1.95 bits per heavy atom. The zero-order valence-electron chi connectivity index (χ0n) is 14.2. The molecule has 0 saturated heterocycles. The molecule has 0 aliphatic carbocycles. The van der Waals surface area contributed by atoms with E-state index >= 15 is 0 Å². The number of aliphatic hydroxyl groups excluding tert-OH is 1. The molecule has 0 fully saturated rings. The Morgan fingerprint density at radius 2 is 1.38 bits per heavy atom. The highest BCUT2D eigenvalue weighted by Crippen LogP contribution is 2.09. The lowest BCUT2D eigenvalue weighted by atomic mass is 10.1. The van der Waals surface area contributed by atoms with E-state index in [2.05, 4.69) is 26.0 Å². The summed E-state index contributed by atoms with van der Waals surface area (Å²) in [5, 5.41) is 8.69. The zero-order valence-corrected chi connectivity index (χ0v) is 14.2. The van der Waals surface area contributed by atoms with Crippen molar-refractivity contribution in [1.29, 1.82) is 0 Å². The Morgan fingerprint density at radius 1 is 0.810 bits per heavy atom. The second-order valence-electron chi connectivity index (χ2n) is 5.51. The van der Waals surface area contributed by atoms with Gasteiger partial charge in [-0.1, -0.05) is 51.7 Å². The van der Waals surface area contributed by atoms with Crippen LogP contribution in [0.5, 0.6) is 0 Å². The number of rotatable bonds is 16. The maximum Gasteiger partial charge on any atom is 0.160 e. The van der Waals surface area contributed by atoms with Crippen molar-refractivity contribution in [3.63, 3.8) is 0 Å². The van der Waals surface area contributed by atoms with Gasteiger partial charge in [-0.05, 0) is 32.1 Å². The zero-order chi connectivity index (χ0) is 15.6. The van der Waals surface area contributed by atoms with Gasteiger partial charge in [0.25, 0.3) is 0 Å². The first-order valence-corrected chi connectivity index (χ1v) is 8.84. The molecule has 21 heavy (non-hydrogen) atoms. The topological polar surface area (TPSA) is 38.7 Å². The van der Waals surface area contributed by atoms with Crippen LogP contribution in [-0.2, 0) is 9.47 Å². The van der Waals surface area contributed by atoms with Crippen molar-refractivity contribution in [2.24, 2.45) is 0 Å². The standard InChI is InChI=1S/C18H36O3/c1-3-16-20-18(21-17-4-2)14-12-10-8-6-5-7-9-11-13-15-19/h10,12,18-19H,3-9,11,13-17H2,1-2H3/b12-10-. The molecular weight excluding hydrogens is 264 g/mol. The van der Waals surface area contributed by atoms with Gasteiger partial charge in [0.1, 0.15) is 0 Å². The summed E-state index contributed by atoms with van der Waals surface area (Å²) < 4.78 is 11.4. The molecule has 3 heteroatoms. The van der Waals surface area contributed by atoms with Crippen molar-refractivity contribution in [1.82, 2.24) is 0 Å². The summed E-state index contributed by atoms with van der Waals surface area (Å²) in [5.74, 6) is 0. The van der Waals surface area contributed by atoms with Crippen LogP contribution >= 0.6 is 0 Å². The molecule has 0 spiro atoms. The van der Waals surface area contributed by atoms with Gasteiger partial charge in [0, 0.05) is 26.2 Å². The summed E-state index contributed by atoms with van der Waals surface area (Å²) >= 11 is 0. The van der Waals surface area contributed by atoms with Crippen molar-refractivity contribution < 1.29 is 14.6 Å². The molecule has 126 valence electrons. The lowest BCUT2D eigenvalue weighted by molar-refractivity contribution is -0.139. The van der Waals surface area contributed by atoms with E-state index < -0.39 is 0 Å². The van der Waals surface area contributed by atoms with E-state index in [1.165, 1.54) is 25.7 Å². The van der Waals surface area contributed by atoms with E-state index in [4.69, 9.17) is 14.6 Å². The maximum absolute atomic E-state index is 8.69. The fraction of sp³-hybridized carbons (Fsp3) is 0.889. The molecule has 0 heterocycles. The van der Waals surface area contributed by atoms with E-state index in [1.54, 1.807) is 0 Å². The minimum atomic E-state index is -0.0698. The highest BCUT2D eigenvalue weighted by atomic mass is 16.7. The molecule has 0 aromatic rings. The summed E-state index contributed by atoms with van der Waals surface area (Å²) in [5.41, 5.74) is 0. The van der Waals surface area contributed by atoms with Gasteiger partial charge in [0.15, 0.2) is 6.29 Å². The normalized spacial score (nSPS) is 11.8. The van der Waals surface area contributed by atoms with Gasteiger partial charge in [-0.2, -0.15) is 0 Å². The van der Waals surface area contributed by atoms with Crippen LogP contribution in [0.3, 0.4) is 0 Å². The number of allylic oxidation sites excluding steroid dienone is 1. The van der Waals surface area contributed by atoms with E-state index in [-0.39, 0.29) is 6.29 Å². The number of ether oxygens (including phenoxy) is 2. The molecule has 0 atom stereocenters. The Bertz CT molecular complexity index is 209. The smallest absolute Gasteiger partial charge is 0.160 e. The minimum absolute atomic E-state index is 0.0698. The van der Waals surface area contributed by atoms with Crippen LogP contribution in [-0.4, -0.2) is 31.2 Å². The third-order valence-electron chi connectivity index (χ3n) is 3.29. The van der Waals surface area contributed by atoms with Crippen molar-refractivity contribution in [3.8, 4) is 0 Å². The molecule has 0 amide bonds. The van der Waals surface area contributed by atoms with Gasteiger partial charge in [-0.15, -0.1) is 0 Å². The van der Waals surface area contributed by atoms with Gasteiger partial charge in [-0.3, -0.25) is 0 Å². The third kappa shape index (κ3) is 15.8. The number of unbranched alkanes of at least 4 members (excludes halogenated alkanes) is 6. The average molecular weight is 300 g/mol. The predicted molar refractivity (Wildman–Crippen MR) is 89.4 cm³/mol. The number of hydrogen-bond acceptors (Lipinski definition) is 3. The SMILES string of the molecule is CCCOC(C/C=C\CCCCCCCCO)OCCC. The molecular formula is C18H36O3. The summed E-state index contributed by atoms with van der Waals surface area (Å²) in [6.07, 6.45) is 15.7. The van der Waals surface area contributed by atoms with E-state index in [0.717, 1.165) is 51.7 Å². The molecule has 0 aromatic carbocycles. The summed E-state index contributed by atoms with van der Waals surface area (Å²) in [7, 11) is 0. The maximum atomic E-state index is 8.69. The Labute approximate surface area is 131 Å². The fourth-order valence-corrected chi connectivity index (χ4v) is 2.09. The van der Waals surface area contributed by atoms with Gasteiger partial charge in [0.2, 0.25) is 0 Å². The van der Waals surface area contributed by atoms with Crippen LogP contribution in [0, 0.1) is 0 Å². The molecule has 3 nitrogen and oxygen atoms in total. The highest BCUT2D eigenvalue weighted by Gasteiger charge is 2.05. The first kappa shape index (κ1) is 20.6. The molecule has 0 radical (unpaired) electrons. The van der Waals surface area contributed by atoms with Gasteiger partial charge >= 0.3 is 0 Å². The minimum Gasteiger partial charge on any atom is -0.396 e. The lowest BCUT2D eigenvalue weighted by Gasteiger charge is -2.16. The number of aliphatic hydroxyl groups is 1. The van der Waals surface area contributed by atoms with Crippen LogP contribution < -0.4 is 0 Å². The molecule has 0 bridgehead atoms. The first-order valence-electron chi connectivity index (χ1n) is 8.84. The van der Waals surface area contributed by atoms with Gasteiger partial charge < -0.3 is 14.6 Å². The van der Waals surface area contributed by atoms with Crippen LogP contribution in [0.2, 0.25) is 0 Å². The van der Waals surface area contributed by atoms with Crippen molar-refractivity contribution in [2.45, 2.75) is 84.3 Å². The highest BCUT2D eigenvalue weighted by molar-refractivity contribution is 4.82. The first-order chi connectivity index (χ1) is 10.3. The van der Waals surface area contributed by atoms with E-state index in [0.29, 0.717) is 6.61 Å². The molecule has 0 saturated carbocycles. The Kier molecular flexibility index (Phi) is 17.4. The van der Waals surface area contributed by atoms with Gasteiger partial charge in [-0.25, -0.2) is 0 Å². The van der Waals surface area contributed by atoms with Crippen LogP contribution in [0.25, 0.3) is 0 Å². The molecule has 0 rings (SSSR count). The van der Waals surface area contributed by atoms with Crippen LogP contribution in [0.15, 0.2) is 12.2 Å². The summed E-state index contributed by atoms with van der Waals surface area (Å²) in [4.78, 5) is 0. The quantitative estimate of drug-likeness (QED) is 0.252.